The van der Waals surface area contributed by atoms with E-state index in [1.165, 1.54) is 0 Å². The topological polar surface area (TPSA) is 78.1 Å². The molecule has 17 heavy (non-hydrogen) atoms. The monoisotopic (exact) mass is 229 g/mol. The quantitative estimate of drug-likeness (QED) is 0.853. The maximum absolute atomic E-state index is 10.8. The van der Waals surface area contributed by atoms with E-state index < -0.39 is 5.91 Å². The molecule has 0 atom stereocenters. The van der Waals surface area contributed by atoms with Gasteiger partial charge in [0.25, 0.3) is 5.91 Å². The Morgan fingerprint density at radius 3 is 2.71 bits per heavy atom. The summed E-state index contributed by atoms with van der Waals surface area (Å²) in [6.45, 7) is 0.350. The number of hydrogen-bond donors (Lipinski definition) is 1. The molecule has 0 saturated carbocycles. The van der Waals surface area contributed by atoms with Gasteiger partial charge < -0.3 is 10.5 Å². The van der Waals surface area contributed by atoms with Crippen molar-refractivity contribution in [3.05, 3.63) is 54.0 Å². The number of hydrogen-bond acceptors (Lipinski definition) is 4. The van der Waals surface area contributed by atoms with Gasteiger partial charge in [0, 0.05) is 24.0 Å². The van der Waals surface area contributed by atoms with Gasteiger partial charge in [0.05, 0.1) is 0 Å². The van der Waals surface area contributed by atoms with Gasteiger partial charge in [-0.25, -0.2) is 4.98 Å². The Labute approximate surface area is 98.3 Å². The van der Waals surface area contributed by atoms with E-state index in [4.69, 9.17) is 10.5 Å². The van der Waals surface area contributed by atoms with Crippen molar-refractivity contribution in [2.75, 3.05) is 0 Å². The van der Waals surface area contributed by atoms with Crippen molar-refractivity contribution in [2.24, 2.45) is 5.73 Å². The number of amides is 1. The summed E-state index contributed by atoms with van der Waals surface area (Å²) in [5, 5.41) is 0. The van der Waals surface area contributed by atoms with E-state index in [1.54, 1.807) is 30.6 Å². The molecule has 0 bridgehead atoms. The number of pyridine rings is 2. The Hall–Kier alpha value is -2.43. The Bertz CT molecular complexity index is 497. The average Bonchev–Trinajstić information content (AvgIpc) is 2.38. The van der Waals surface area contributed by atoms with E-state index >= 15 is 0 Å². The molecule has 2 rings (SSSR count). The zero-order valence-corrected chi connectivity index (χ0v) is 9.04. The molecule has 0 aliphatic carbocycles. The minimum atomic E-state index is -0.540. The second-order valence-corrected chi connectivity index (χ2v) is 3.37. The van der Waals surface area contributed by atoms with Crippen LogP contribution in [0.2, 0.25) is 0 Å². The normalized spacial score (nSPS) is 9.88. The lowest BCUT2D eigenvalue weighted by Crippen LogP contribution is -2.13. The fourth-order valence-electron chi connectivity index (χ4n) is 1.25. The highest BCUT2D eigenvalue weighted by Crippen LogP contribution is 2.07. The molecule has 0 aliphatic rings. The van der Waals surface area contributed by atoms with E-state index in [0.717, 1.165) is 5.56 Å². The van der Waals surface area contributed by atoms with Crippen LogP contribution >= 0.6 is 0 Å². The number of primary amides is 1. The number of carbonyl (C=O) groups excluding carboxylic acids is 1. The van der Waals surface area contributed by atoms with Crippen LogP contribution in [0, 0.1) is 0 Å². The third kappa shape index (κ3) is 3.01. The summed E-state index contributed by atoms with van der Waals surface area (Å²) in [7, 11) is 0. The zero-order chi connectivity index (χ0) is 12.1. The van der Waals surface area contributed by atoms with Crippen molar-refractivity contribution < 1.29 is 9.53 Å². The smallest absolute Gasteiger partial charge is 0.267 e. The molecule has 0 aromatic carbocycles. The van der Waals surface area contributed by atoms with Crippen molar-refractivity contribution in [1.29, 1.82) is 0 Å². The maximum Gasteiger partial charge on any atom is 0.267 e. The van der Waals surface area contributed by atoms with Crippen LogP contribution in [0.5, 0.6) is 5.88 Å². The highest BCUT2D eigenvalue weighted by atomic mass is 16.5. The Morgan fingerprint density at radius 2 is 2.12 bits per heavy atom. The van der Waals surface area contributed by atoms with Gasteiger partial charge in [-0.3, -0.25) is 9.78 Å². The molecule has 5 nitrogen and oxygen atoms in total. The fourth-order valence-corrected chi connectivity index (χ4v) is 1.25. The van der Waals surface area contributed by atoms with Crippen LogP contribution in [-0.2, 0) is 6.61 Å². The largest absolute Gasteiger partial charge is 0.473 e. The Kier molecular flexibility index (Phi) is 3.30. The number of nitrogens with two attached hydrogens (primary N) is 1. The van der Waals surface area contributed by atoms with Crippen LogP contribution in [0.15, 0.2) is 42.7 Å². The SMILES string of the molecule is NC(=O)c1ccc(COc2ccccn2)cn1. The van der Waals surface area contributed by atoms with Crippen molar-refractivity contribution in [2.45, 2.75) is 6.61 Å². The lowest BCUT2D eigenvalue weighted by molar-refractivity contribution is 0.0995. The summed E-state index contributed by atoms with van der Waals surface area (Å²) in [5.74, 6) is 0.00803. The van der Waals surface area contributed by atoms with Crippen molar-refractivity contribution in [3.8, 4) is 5.88 Å². The molecule has 0 spiro atoms. The van der Waals surface area contributed by atoms with Gasteiger partial charge in [0.2, 0.25) is 5.88 Å². The molecule has 0 radical (unpaired) electrons. The third-order valence-corrected chi connectivity index (χ3v) is 2.10. The predicted octanol–water partition coefficient (Wildman–Crippen LogP) is 1.15. The summed E-state index contributed by atoms with van der Waals surface area (Å²) in [6.07, 6.45) is 3.22. The fraction of sp³-hybridized carbons (Fsp3) is 0.0833. The van der Waals surface area contributed by atoms with Gasteiger partial charge in [-0.15, -0.1) is 0 Å². The van der Waals surface area contributed by atoms with E-state index in [-0.39, 0.29) is 5.69 Å². The molecule has 86 valence electrons. The summed E-state index contributed by atoms with van der Waals surface area (Å²) in [5.41, 5.74) is 6.18. The third-order valence-electron chi connectivity index (χ3n) is 2.10. The first-order valence-corrected chi connectivity index (χ1v) is 5.04. The molecule has 0 fully saturated rings. The average molecular weight is 229 g/mol. The zero-order valence-electron chi connectivity index (χ0n) is 9.04. The first-order chi connectivity index (χ1) is 8.25. The van der Waals surface area contributed by atoms with Crippen LogP contribution in [0.4, 0.5) is 0 Å². The van der Waals surface area contributed by atoms with Gasteiger partial charge in [-0.05, 0) is 12.1 Å². The molecular weight excluding hydrogens is 218 g/mol. The molecule has 0 saturated heterocycles. The second kappa shape index (κ2) is 5.07. The predicted molar refractivity (Wildman–Crippen MR) is 61.3 cm³/mol. The number of rotatable bonds is 4. The minimum Gasteiger partial charge on any atom is -0.473 e. The van der Waals surface area contributed by atoms with Gasteiger partial charge in [-0.1, -0.05) is 12.1 Å². The van der Waals surface area contributed by atoms with E-state index in [1.807, 2.05) is 12.1 Å². The number of aromatic nitrogens is 2. The van der Waals surface area contributed by atoms with Gasteiger partial charge in [-0.2, -0.15) is 0 Å². The van der Waals surface area contributed by atoms with E-state index in [0.29, 0.717) is 12.5 Å². The van der Waals surface area contributed by atoms with Crippen molar-refractivity contribution >= 4 is 5.91 Å². The molecule has 5 heteroatoms. The molecule has 1 amide bonds. The molecule has 2 heterocycles. The Balaban J connectivity index is 1.98. The molecule has 0 aliphatic heterocycles. The van der Waals surface area contributed by atoms with Gasteiger partial charge in [0.1, 0.15) is 12.3 Å². The van der Waals surface area contributed by atoms with Crippen LogP contribution in [0.25, 0.3) is 0 Å². The molecule has 2 N–H and O–H groups in total. The van der Waals surface area contributed by atoms with E-state index in [2.05, 4.69) is 9.97 Å². The first-order valence-electron chi connectivity index (χ1n) is 5.04. The molecule has 0 unspecified atom stereocenters. The number of carbonyl (C=O) groups is 1. The number of ether oxygens (including phenoxy) is 1. The maximum atomic E-state index is 10.8. The van der Waals surface area contributed by atoms with Crippen LogP contribution in [-0.4, -0.2) is 15.9 Å². The summed E-state index contributed by atoms with van der Waals surface area (Å²) < 4.78 is 5.43. The summed E-state index contributed by atoms with van der Waals surface area (Å²) in [4.78, 5) is 18.7. The van der Waals surface area contributed by atoms with Crippen LogP contribution in [0.3, 0.4) is 0 Å². The standard InChI is InChI=1S/C12H11N3O2/c13-12(16)10-5-4-9(7-15-10)8-17-11-3-1-2-6-14-11/h1-7H,8H2,(H2,13,16). The number of nitrogens with zero attached hydrogens (tertiary/aromatic N) is 2. The van der Waals surface area contributed by atoms with Crippen LogP contribution in [0.1, 0.15) is 16.1 Å². The van der Waals surface area contributed by atoms with Crippen molar-refractivity contribution in [1.82, 2.24) is 9.97 Å². The van der Waals surface area contributed by atoms with Crippen LogP contribution < -0.4 is 10.5 Å². The van der Waals surface area contributed by atoms with E-state index in [9.17, 15) is 4.79 Å². The first kappa shape index (κ1) is 11.1. The van der Waals surface area contributed by atoms with Crippen molar-refractivity contribution in [3.63, 3.8) is 0 Å². The summed E-state index contributed by atoms with van der Waals surface area (Å²) >= 11 is 0. The molecule has 2 aromatic heterocycles. The highest BCUT2D eigenvalue weighted by Gasteiger charge is 2.02. The second-order valence-electron chi connectivity index (χ2n) is 3.37. The lowest BCUT2D eigenvalue weighted by Gasteiger charge is -2.04. The van der Waals surface area contributed by atoms with Gasteiger partial charge >= 0.3 is 0 Å². The molecule has 2 aromatic rings. The lowest BCUT2D eigenvalue weighted by atomic mass is 10.2. The summed E-state index contributed by atoms with van der Waals surface area (Å²) in [6, 6.07) is 8.74. The highest BCUT2D eigenvalue weighted by molar-refractivity contribution is 5.90. The minimum absolute atomic E-state index is 0.242. The Morgan fingerprint density at radius 1 is 1.24 bits per heavy atom. The molecular formula is C12H11N3O2. The van der Waals surface area contributed by atoms with Gasteiger partial charge in [0.15, 0.2) is 0 Å².